The second-order valence-corrected chi connectivity index (χ2v) is 5.98. The lowest BCUT2D eigenvalue weighted by atomic mass is 9.69. The van der Waals surface area contributed by atoms with E-state index in [1.54, 1.807) is 0 Å². The Labute approximate surface area is 124 Å². The normalized spacial score (nSPS) is 29.3. The number of halogens is 2. The van der Waals surface area contributed by atoms with Gasteiger partial charge in [0.1, 0.15) is 11.6 Å². The monoisotopic (exact) mass is 290 g/mol. The molecule has 0 N–H and O–H groups in total. The summed E-state index contributed by atoms with van der Waals surface area (Å²) in [4.78, 5) is 0. The highest BCUT2D eigenvalue weighted by Crippen LogP contribution is 2.42. The molecule has 1 aliphatic heterocycles. The summed E-state index contributed by atoms with van der Waals surface area (Å²) in [5.74, 6) is -1.00. The van der Waals surface area contributed by atoms with Crippen LogP contribution in [0.1, 0.15) is 38.2 Å². The van der Waals surface area contributed by atoms with Crippen LogP contribution in [0.15, 0.2) is 42.0 Å². The van der Waals surface area contributed by atoms with E-state index >= 15 is 0 Å². The Morgan fingerprint density at radius 3 is 2.57 bits per heavy atom. The second kappa shape index (κ2) is 5.72. The second-order valence-electron chi connectivity index (χ2n) is 5.98. The predicted octanol–water partition coefficient (Wildman–Crippen LogP) is 4.68. The maximum atomic E-state index is 14.4. The van der Waals surface area contributed by atoms with Gasteiger partial charge in [-0.05, 0) is 44.7 Å². The molecule has 0 amide bonds. The van der Waals surface area contributed by atoms with Crippen molar-refractivity contribution < 1.29 is 13.5 Å². The van der Waals surface area contributed by atoms with Crippen molar-refractivity contribution in [2.75, 3.05) is 6.61 Å². The van der Waals surface area contributed by atoms with E-state index in [1.165, 1.54) is 18.2 Å². The van der Waals surface area contributed by atoms with Crippen molar-refractivity contribution in [2.24, 2.45) is 0 Å². The molecule has 1 saturated heterocycles. The first-order valence-corrected chi connectivity index (χ1v) is 7.55. The molecular weight excluding hydrogens is 270 g/mol. The molecule has 0 saturated carbocycles. The van der Waals surface area contributed by atoms with Crippen LogP contribution in [0.4, 0.5) is 8.78 Å². The molecule has 0 aromatic heterocycles. The highest BCUT2D eigenvalue weighted by atomic mass is 19.1. The Morgan fingerprint density at radius 2 is 1.95 bits per heavy atom. The summed E-state index contributed by atoms with van der Waals surface area (Å²) < 4.78 is 34.7. The van der Waals surface area contributed by atoms with E-state index in [9.17, 15) is 8.78 Å². The first-order chi connectivity index (χ1) is 10.1. The van der Waals surface area contributed by atoms with Crippen molar-refractivity contribution in [1.82, 2.24) is 0 Å². The molecule has 2 unspecified atom stereocenters. The number of hydrogen-bond donors (Lipinski definition) is 0. The van der Waals surface area contributed by atoms with E-state index in [-0.39, 0.29) is 11.7 Å². The standard InChI is InChI=1S/C18H20F2O/c1-13-6-5-10-18(12-13,16-9-2-3-11-21-16)17-14(19)7-4-8-15(17)20/h4-5,7-8,10,12,16H,2-3,6,9,11H2,1H3. The quantitative estimate of drug-likeness (QED) is 0.719. The van der Waals surface area contributed by atoms with Gasteiger partial charge in [-0.3, -0.25) is 0 Å². The molecule has 2 aliphatic rings. The number of benzene rings is 1. The van der Waals surface area contributed by atoms with Crippen LogP contribution in [0.25, 0.3) is 0 Å². The van der Waals surface area contributed by atoms with E-state index in [2.05, 4.69) is 0 Å². The largest absolute Gasteiger partial charge is 0.377 e. The van der Waals surface area contributed by atoms with Gasteiger partial charge in [-0.15, -0.1) is 0 Å². The first kappa shape index (κ1) is 14.5. The van der Waals surface area contributed by atoms with Gasteiger partial charge in [0.05, 0.1) is 11.5 Å². The summed E-state index contributed by atoms with van der Waals surface area (Å²) in [6, 6.07) is 4.07. The van der Waals surface area contributed by atoms with Crippen molar-refractivity contribution in [3.05, 3.63) is 59.2 Å². The zero-order valence-corrected chi connectivity index (χ0v) is 12.2. The lowest BCUT2D eigenvalue weighted by Gasteiger charge is -2.40. The fourth-order valence-electron chi connectivity index (χ4n) is 3.50. The highest BCUT2D eigenvalue weighted by Gasteiger charge is 2.42. The summed E-state index contributed by atoms with van der Waals surface area (Å²) in [6.07, 6.45) is 9.40. The summed E-state index contributed by atoms with van der Waals surface area (Å²) in [7, 11) is 0. The molecule has 1 heterocycles. The third-order valence-electron chi connectivity index (χ3n) is 4.43. The molecule has 3 heteroatoms. The molecule has 1 fully saturated rings. The molecule has 0 spiro atoms. The maximum absolute atomic E-state index is 14.4. The number of hydrogen-bond acceptors (Lipinski definition) is 1. The Hall–Kier alpha value is -1.48. The van der Waals surface area contributed by atoms with Gasteiger partial charge < -0.3 is 4.74 Å². The van der Waals surface area contributed by atoms with Crippen LogP contribution < -0.4 is 0 Å². The SMILES string of the molecule is CC1=CC(c2c(F)cccc2F)(C2CCCCO2)C=CC1. The average molecular weight is 290 g/mol. The smallest absolute Gasteiger partial charge is 0.130 e. The van der Waals surface area contributed by atoms with Crippen molar-refractivity contribution in [3.8, 4) is 0 Å². The Balaban J connectivity index is 2.16. The lowest BCUT2D eigenvalue weighted by Crippen LogP contribution is -2.42. The van der Waals surface area contributed by atoms with Crippen LogP contribution in [0.5, 0.6) is 0 Å². The van der Waals surface area contributed by atoms with Gasteiger partial charge in [0, 0.05) is 12.2 Å². The zero-order valence-electron chi connectivity index (χ0n) is 12.2. The molecule has 21 heavy (non-hydrogen) atoms. The van der Waals surface area contributed by atoms with E-state index in [0.29, 0.717) is 6.61 Å². The molecule has 1 nitrogen and oxygen atoms in total. The minimum atomic E-state index is -0.821. The van der Waals surface area contributed by atoms with Crippen LogP contribution in [-0.4, -0.2) is 12.7 Å². The lowest BCUT2D eigenvalue weighted by molar-refractivity contribution is -0.0121. The molecule has 3 rings (SSSR count). The third kappa shape index (κ3) is 2.55. The van der Waals surface area contributed by atoms with Crippen LogP contribution >= 0.6 is 0 Å². The molecule has 1 aromatic carbocycles. The van der Waals surface area contributed by atoms with Gasteiger partial charge in [-0.1, -0.05) is 29.9 Å². The molecule has 0 bridgehead atoms. The number of allylic oxidation sites excluding steroid dienone is 2. The molecule has 0 radical (unpaired) electrons. The van der Waals surface area contributed by atoms with E-state index < -0.39 is 17.0 Å². The van der Waals surface area contributed by atoms with Gasteiger partial charge in [-0.25, -0.2) is 8.78 Å². The first-order valence-electron chi connectivity index (χ1n) is 7.55. The van der Waals surface area contributed by atoms with Crippen molar-refractivity contribution in [3.63, 3.8) is 0 Å². The minimum absolute atomic E-state index is 0.118. The van der Waals surface area contributed by atoms with Crippen LogP contribution in [0.3, 0.4) is 0 Å². The molecule has 2 atom stereocenters. The van der Waals surface area contributed by atoms with Crippen LogP contribution in [-0.2, 0) is 10.2 Å². The van der Waals surface area contributed by atoms with Crippen LogP contribution in [0.2, 0.25) is 0 Å². The van der Waals surface area contributed by atoms with Gasteiger partial charge in [0.2, 0.25) is 0 Å². The van der Waals surface area contributed by atoms with Crippen molar-refractivity contribution >= 4 is 0 Å². The Morgan fingerprint density at radius 1 is 1.19 bits per heavy atom. The van der Waals surface area contributed by atoms with E-state index in [0.717, 1.165) is 31.3 Å². The van der Waals surface area contributed by atoms with E-state index in [4.69, 9.17) is 4.74 Å². The molecule has 1 aromatic rings. The summed E-state index contributed by atoms with van der Waals surface area (Å²) in [5.41, 5.74) is 0.416. The minimum Gasteiger partial charge on any atom is -0.377 e. The van der Waals surface area contributed by atoms with E-state index in [1.807, 2.05) is 25.2 Å². The number of rotatable bonds is 2. The molecule has 112 valence electrons. The fourth-order valence-corrected chi connectivity index (χ4v) is 3.50. The topological polar surface area (TPSA) is 9.23 Å². The van der Waals surface area contributed by atoms with Crippen molar-refractivity contribution in [2.45, 2.75) is 44.1 Å². The average Bonchev–Trinajstić information content (AvgIpc) is 2.48. The Bertz CT molecular complexity index is 565. The summed E-state index contributed by atoms with van der Waals surface area (Å²) in [6.45, 7) is 2.66. The number of ether oxygens (including phenoxy) is 1. The highest BCUT2D eigenvalue weighted by molar-refractivity contribution is 5.44. The zero-order chi connectivity index (χ0) is 14.9. The predicted molar refractivity (Wildman–Crippen MR) is 79.1 cm³/mol. The van der Waals surface area contributed by atoms with Gasteiger partial charge in [0.15, 0.2) is 0 Å². The fraction of sp³-hybridized carbons (Fsp3) is 0.444. The maximum Gasteiger partial charge on any atom is 0.130 e. The van der Waals surface area contributed by atoms with Crippen LogP contribution in [0, 0.1) is 11.6 Å². The summed E-state index contributed by atoms with van der Waals surface area (Å²) >= 11 is 0. The van der Waals surface area contributed by atoms with Crippen molar-refractivity contribution in [1.29, 1.82) is 0 Å². The summed E-state index contributed by atoms with van der Waals surface area (Å²) in [5, 5.41) is 0. The van der Waals surface area contributed by atoms with Gasteiger partial charge >= 0.3 is 0 Å². The third-order valence-corrected chi connectivity index (χ3v) is 4.43. The molecular formula is C18H20F2O. The van der Waals surface area contributed by atoms with Gasteiger partial charge in [-0.2, -0.15) is 0 Å². The van der Waals surface area contributed by atoms with Gasteiger partial charge in [0.25, 0.3) is 0 Å². The molecule has 1 aliphatic carbocycles. The Kier molecular flexibility index (Phi) is 3.94.